The van der Waals surface area contributed by atoms with Gasteiger partial charge in [-0.05, 0) is 16.3 Å². The molecule has 1 atom stereocenters. The summed E-state index contributed by atoms with van der Waals surface area (Å²) >= 11 is 0. The largest absolute Gasteiger partial charge is 0.480 e. The van der Waals surface area contributed by atoms with Gasteiger partial charge in [-0.15, -0.1) is 0 Å². The van der Waals surface area contributed by atoms with Crippen molar-refractivity contribution in [3.63, 3.8) is 0 Å². The van der Waals surface area contributed by atoms with Gasteiger partial charge in [0.25, 0.3) is 0 Å². The van der Waals surface area contributed by atoms with E-state index in [4.69, 9.17) is 13.0 Å². The highest BCUT2D eigenvalue weighted by molar-refractivity contribution is 6.57. The molecule has 2 aromatic rings. The molecule has 0 bridgehead atoms. The predicted octanol–water partition coefficient (Wildman–Crippen LogP) is 1.71. The topological polar surface area (TPSA) is 66.4 Å². The van der Waals surface area contributed by atoms with Gasteiger partial charge in [0.1, 0.15) is 6.04 Å². The molecule has 0 heterocycles. The van der Waals surface area contributed by atoms with E-state index >= 15 is 0 Å². The zero-order valence-corrected chi connectivity index (χ0v) is 10.2. The summed E-state index contributed by atoms with van der Waals surface area (Å²) in [5, 5.41) is 13.3. The second-order valence-corrected chi connectivity index (χ2v) is 4.24. The van der Waals surface area contributed by atoms with Gasteiger partial charge in [0.15, 0.2) is 5.81 Å². The number of hydrogen-bond acceptors (Lipinski definition) is 2. The van der Waals surface area contributed by atoms with Gasteiger partial charge >= 0.3 is 5.97 Å². The van der Waals surface area contributed by atoms with Crippen molar-refractivity contribution in [2.75, 3.05) is 0 Å². The molecule has 0 aromatic heterocycles. The van der Waals surface area contributed by atoms with E-state index in [1.165, 1.54) is 0 Å². The van der Waals surface area contributed by atoms with E-state index in [9.17, 15) is 9.59 Å². The van der Waals surface area contributed by atoms with E-state index in [-0.39, 0.29) is 6.42 Å². The first-order valence-corrected chi connectivity index (χ1v) is 5.83. The third-order valence-electron chi connectivity index (χ3n) is 2.92. The monoisotopic (exact) mass is 253 g/mol. The molecule has 0 aliphatic heterocycles. The van der Waals surface area contributed by atoms with E-state index in [2.05, 4.69) is 5.32 Å². The van der Waals surface area contributed by atoms with Gasteiger partial charge in [-0.25, -0.2) is 4.79 Å². The van der Waals surface area contributed by atoms with Crippen molar-refractivity contribution in [1.82, 2.24) is 5.32 Å². The minimum atomic E-state index is -1.10. The average Bonchev–Trinajstić information content (AvgIpc) is 2.37. The molecule has 4 nitrogen and oxygen atoms in total. The Morgan fingerprint density at radius 1 is 1.16 bits per heavy atom. The Morgan fingerprint density at radius 2 is 1.84 bits per heavy atom. The summed E-state index contributed by atoms with van der Waals surface area (Å²) < 4.78 is 0. The Balaban J connectivity index is 2.33. The Morgan fingerprint density at radius 3 is 2.53 bits per heavy atom. The lowest BCUT2D eigenvalue weighted by Gasteiger charge is -2.15. The molecule has 5 heteroatoms. The van der Waals surface area contributed by atoms with E-state index in [1.807, 2.05) is 42.5 Å². The average molecular weight is 253 g/mol. The molecule has 2 N–H and O–H groups in total. The lowest BCUT2D eigenvalue weighted by atomic mass is 9.98. The van der Waals surface area contributed by atoms with Crippen LogP contribution in [0.5, 0.6) is 0 Å². The lowest BCUT2D eigenvalue weighted by molar-refractivity contribution is -0.139. The van der Waals surface area contributed by atoms with Crippen LogP contribution in [0.1, 0.15) is 5.56 Å². The normalized spacial score (nSPS) is 12.0. The van der Waals surface area contributed by atoms with Gasteiger partial charge in [0, 0.05) is 6.42 Å². The Bertz CT molecular complexity index is 622. The molecule has 0 fully saturated rings. The van der Waals surface area contributed by atoms with Gasteiger partial charge in [0.2, 0.25) is 7.85 Å². The summed E-state index contributed by atoms with van der Waals surface area (Å²) in [5.41, 5.74) is 0.860. The van der Waals surface area contributed by atoms with E-state index in [0.717, 1.165) is 16.3 Å². The molecule has 0 saturated heterocycles. The Kier molecular flexibility index (Phi) is 3.85. The molecule has 19 heavy (non-hydrogen) atoms. The molecule has 0 aliphatic rings. The van der Waals surface area contributed by atoms with Crippen molar-refractivity contribution in [1.29, 1.82) is 0 Å². The van der Waals surface area contributed by atoms with Gasteiger partial charge in [-0.2, -0.15) is 0 Å². The molecule has 0 unspecified atom stereocenters. The molecular formula is C14H12BNO3. The predicted molar refractivity (Wildman–Crippen MR) is 73.4 cm³/mol. The van der Waals surface area contributed by atoms with Crippen LogP contribution in [0, 0.1) is 0 Å². The number of amides is 1. The lowest BCUT2D eigenvalue weighted by Crippen LogP contribution is -2.41. The molecule has 1 amide bonds. The second kappa shape index (κ2) is 5.56. The molecule has 0 aliphatic carbocycles. The molecule has 0 spiro atoms. The van der Waals surface area contributed by atoms with Crippen molar-refractivity contribution in [2.45, 2.75) is 12.5 Å². The number of fused-ring (bicyclic) bond motifs is 1. The number of rotatable bonds is 4. The summed E-state index contributed by atoms with van der Waals surface area (Å²) in [6.07, 6.45) is 0.194. The van der Waals surface area contributed by atoms with Crippen LogP contribution in [0.25, 0.3) is 10.8 Å². The first-order valence-electron chi connectivity index (χ1n) is 5.83. The highest BCUT2D eigenvalue weighted by Gasteiger charge is 2.19. The number of benzene rings is 2. The number of hydrogen-bond donors (Lipinski definition) is 2. The summed E-state index contributed by atoms with van der Waals surface area (Å²) in [5.74, 6) is -1.95. The number of carboxylic acids is 1. The zero-order valence-electron chi connectivity index (χ0n) is 10.2. The maximum atomic E-state index is 11.1. The van der Waals surface area contributed by atoms with Gasteiger partial charge in [-0.3, -0.25) is 4.79 Å². The highest BCUT2D eigenvalue weighted by atomic mass is 16.4. The third-order valence-corrected chi connectivity index (χ3v) is 2.92. The second-order valence-electron chi connectivity index (χ2n) is 4.24. The van der Waals surface area contributed by atoms with Crippen molar-refractivity contribution in [2.24, 2.45) is 0 Å². The summed E-state index contributed by atoms with van der Waals surface area (Å²) in [6, 6.07) is 12.3. The van der Waals surface area contributed by atoms with Gasteiger partial charge in [0.05, 0.1) is 0 Å². The van der Waals surface area contributed by atoms with Crippen LogP contribution in [0.15, 0.2) is 42.5 Å². The molecule has 0 saturated carbocycles. The van der Waals surface area contributed by atoms with Crippen molar-refractivity contribution in [3.8, 4) is 0 Å². The quantitative estimate of drug-likeness (QED) is 0.815. The Labute approximate surface area is 111 Å². The van der Waals surface area contributed by atoms with Crippen molar-refractivity contribution < 1.29 is 14.7 Å². The number of nitrogens with one attached hydrogen (secondary N) is 1. The van der Waals surface area contributed by atoms with Crippen LogP contribution in [0.4, 0.5) is 4.79 Å². The third kappa shape index (κ3) is 3.13. The molecule has 2 radical (unpaired) electrons. The summed E-state index contributed by atoms with van der Waals surface area (Å²) in [4.78, 5) is 21.9. The van der Waals surface area contributed by atoms with Crippen molar-refractivity contribution >= 4 is 30.4 Å². The molecule has 2 rings (SSSR count). The van der Waals surface area contributed by atoms with Crippen LogP contribution >= 0.6 is 0 Å². The zero-order chi connectivity index (χ0) is 13.8. The van der Waals surface area contributed by atoms with Crippen LogP contribution in [-0.2, 0) is 11.2 Å². The highest BCUT2D eigenvalue weighted by Crippen LogP contribution is 2.19. The van der Waals surface area contributed by atoms with E-state index in [1.54, 1.807) is 0 Å². The van der Waals surface area contributed by atoms with Crippen LogP contribution < -0.4 is 5.32 Å². The fourth-order valence-electron chi connectivity index (χ4n) is 2.06. The number of carboxylic acid groups (broad SMARTS) is 1. The first-order chi connectivity index (χ1) is 9.08. The number of carbonyl (C=O) groups excluding carboxylic acids is 1. The van der Waals surface area contributed by atoms with Crippen LogP contribution in [0.3, 0.4) is 0 Å². The number of aliphatic carboxylic acids is 1. The van der Waals surface area contributed by atoms with Crippen LogP contribution in [0.2, 0.25) is 0 Å². The van der Waals surface area contributed by atoms with Gasteiger partial charge < -0.3 is 10.4 Å². The maximum Gasteiger partial charge on any atom is 0.326 e. The minimum Gasteiger partial charge on any atom is -0.480 e. The van der Waals surface area contributed by atoms with Crippen molar-refractivity contribution in [3.05, 3.63) is 48.0 Å². The van der Waals surface area contributed by atoms with Gasteiger partial charge in [-0.1, -0.05) is 42.5 Å². The van der Waals surface area contributed by atoms with Crippen LogP contribution in [-0.4, -0.2) is 30.8 Å². The first kappa shape index (κ1) is 13.1. The SMILES string of the molecule is [B]C(=O)N[C@@H](Cc1cccc2ccccc12)C(=O)O. The molecule has 94 valence electrons. The molecule has 2 aromatic carbocycles. The molecular weight excluding hydrogens is 241 g/mol. The smallest absolute Gasteiger partial charge is 0.326 e. The minimum absolute atomic E-state index is 0.194. The van der Waals surface area contributed by atoms with E-state index < -0.39 is 17.8 Å². The van der Waals surface area contributed by atoms with E-state index in [0.29, 0.717) is 0 Å². The summed E-state index contributed by atoms with van der Waals surface area (Å²) in [7, 11) is 4.98. The maximum absolute atomic E-state index is 11.1. The Hall–Kier alpha value is -2.30. The fraction of sp³-hybridized carbons (Fsp3) is 0.143. The standard InChI is InChI=1S/C14H12BNO3/c15-14(19)16-12(13(17)18)8-10-6-3-5-9-4-1-2-7-11(9)10/h1-7,12H,8H2,(H,16,19)(H,17,18)/t12-/m0/s1. The fourth-order valence-corrected chi connectivity index (χ4v) is 2.06. The number of carbonyl (C=O) groups is 2. The summed E-state index contributed by atoms with van der Waals surface area (Å²) in [6.45, 7) is 0.